The summed E-state index contributed by atoms with van der Waals surface area (Å²) in [7, 11) is 1.50. The van der Waals surface area contributed by atoms with E-state index >= 15 is 0 Å². The predicted octanol–water partition coefficient (Wildman–Crippen LogP) is 1.65. The second-order valence-corrected chi connectivity index (χ2v) is 6.59. The minimum absolute atomic E-state index is 0.0719. The van der Waals surface area contributed by atoms with Gasteiger partial charge in [0, 0.05) is 19.6 Å². The number of esters is 1. The number of carbonyl (C=O) groups excluding carboxylic acids is 1. The summed E-state index contributed by atoms with van der Waals surface area (Å²) in [4.78, 5) is 14.6. The molecular weight excluding hydrogens is 240 g/mol. The van der Waals surface area contributed by atoms with Gasteiger partial charge in [0.2, 0.25) is 0 Å². The van der Waals surface area contributed by atoms with Gasteiger partial charge in [-0.2, -0.15) is 0 Å². The van der Waals surface area contributed by atoms with Gasteiger partial charge in [-0.1, -0.05) is 13.8 Å². The van der Waals surface area contributed by atoms with Crippen LogP contribution in [-0.4, -0.2) is 49.7 Å². The third kappa shape index (κ3) is 3.93. The van der Waals surface area contributed by atoms with E-state index in [2.05, 4.69) is 24.1 Å². The average Bonchev–Trinajstić information content (AvgIpc) is 3.21. The maximum Gasteiger partial charge on any atom is 0.326 e. The second-order valence-electron chi connectivity index (χ2n) is 6.59. The highest BCUT2D eigenvalue weighted by Gasteiger charge is 2.43. The minimum Gasteiger partial charge on any atom is -0.468 e. The van der Waals surface area contributed by atoms with Gasteiger partial charge in [0.15, 0.2) is 0 Å². The van der Waals surface area contributed by atoms with Gasteiger partial charge in [-0.25, -0.2) is 0 Å². The van der Waals surface area contributed by atoms with Crippen molar-refractivity contribution in [2.75, 3.05) is 33.3 Å². The highest BCUT2D eigenvalue weighted by Crippen LogP contribution is 2.30. The number of hydrogen-bond acceptors (Lipinski definition) is 4. The Hall–Kier alpha value is -0.610. The summed E-state index contributed by atoms with van der Waals surface area (Å²) in [6.07, 6.45) is 4.37. The monoisotopic (exact) mass is 268 g/mol. The molecule has 4 heteroatoms. The Labute approximate surface area is 116 Å². The molecule has 0 bridgehead atoms. The number of rotatable bonds is 6. The molecule has 1 heterocycles. The first-order valence-corrected chi connectivity index (χ1v) is 7.61. The lowest BCUT2D eigenvalue weighted by molar-refractivity contribution is -0.151. The molecule has 0 aromatic heterocycles. The Morgan fingerprint density at radius 3 is 2.47 bits per heavy atom. The molecule has 0 spiro atoms. The smallest absolute Gasteiger partial charge is 0.326 e. The van der Waals surface area contributed by atoms with Crippen LogP contribution in [0.5, 0.6) is 0 Å². The molecule has 1 N–H and O–H groups in total. The van der Waals surface area contributed by atoms with Crippen LogP contribution in [0.2, 0.25) is 0 Å². The molecule has 0 aromatic rings. The molecule has 1 saturated heterocycles. The molecule has 1 aliphatic heterocycles. The van der Waals surface area contributed by atoms with Gasteiger partial charge in [0.05, 0.1) is 7.11 Å². The molecule has 1 saturated carbocycles. The zero-order chi connectivity index (χ0) is 13.9. The summed E-state index contributed by atoms with van der Waals surface area (Å²) < 4.78 is 5.04. The topological polar surface area (TPSA) is 41.6 Å². The first-order chi connectivity index (χ1) is 9.05. The van der Waals surface area contributed by atoms with Crippen LogP contribution in [-0.2, 0) is 9.53 Å². The number of piperidine rings is 1. The van der Waals surface area contributed by atoms with E-state index in [0.717, 1.165) is 44.9 Å². The molecule has 2 aliphatic rings. The largest absolute Gasteiger partial charge is 0.468 e. The molecule has 0 radical (unpaired) electrons. The van der Waals surface area contributed by atoms with Crippen LogP contribution in [0.1, 0.15) is 39.5 Å². The Morgan fingerprint density at radius 2 is 2.00 bits per heavy atom. The van der Waals surface area contributed by atoms with Gasteiger partial charge in [0.25, 0.3) is 0 Å². The molecule has 2 fully saturated rings. The fourth-order valence-corrected chi connectivity index (χ4v) is 2.94. The van der Waals surface area contributed by atoms with Crippen LogP contribution in [0.15, 0.2) is 0 Å². The van der Waals surface area contributed by atoms with Crippen LogP contribution in [0.4, 0.5) is 0 Å². The Morgan fingerprint density at radius 1 is 1.37 bits per heavy atom. The molecule has 1 aliphatic carbocycles. The van der Waals surface area contributed by atoms with Crippen molar-refractivity contribution in [2.45, 2.75) is 45.1 Å². The number of methoxy groups -OCH3 is 1. The summed E-state index contributed by atoms with van der Waals surface area (Å²) in [6, 6.07) is 0. The summed E-state index contributed by atoms with van der Waals surface area (Å²) in [5.41, 5.74) is -0.426. The van der Waals surface area contributed by atoms with E-state index in [-0.39, 0.29) is 5.97 Å². The van der Waals surface area contributed by atoms with Crippen LogP contribution >= 0.6 is 0 Å². The van der Waals surface area contributed by atoms with E-state index in [1.54, 1.807) is 0 Å². The van der Waals surface area contributed by atoms with Crippen LogP contribution in [0, 0.1) is 11.8 Å². The Balaban J connectivity index is 1.90. The van der Waals surface area contributed by atoms with E-state index in [9.17, 15) is 4.79 Å². The van der Waals surface area contributed by atoms with Crippen LogP contribution < -0.4 is 5.32 Å². The van der Waals surface area contributed by atoms with Crippen molar-refractivity contribution in [2.24, 2.45) is 11.8 Å². The molecule has 110 valence electrons. The fraction of sp³-hybridized carbons (Fsp3) is 0.933. The van der Waals surface area contributed by atoms with Crippen molar-refractivity contribution >= 4 is 5.97 Å². The Kier molecular flexibility index (Phi) is 4.85. The lowest BCUT2D eigenvalue weighted by atomic mass is 9.87. The third-order valence-corrected chi connectivity index (χ3v) is 4.34. The molecule has 0 unspecified atom stereocenters. The van der Waals surface area contributed by atoms with E-state index in [1.807, 2.05) is 0 Å². The average molecular weight is 268 g/mol. The SMILES string of the molecule is COC(=O)C1(NCC2CC2)CCN(CC(C)C)CC1. The summed E-state index contributed by atoms with van der Waals surface area (Å²) in [5, 5.41) is 3.52. The maximum atomic E-state index is 12.1. The van der Waals surface area contributed by atoms with Gasteiger partial charge in [-0.3, -0.25) is 4.79 Å². The standard InChI is InChI=1S/C15H28N2O2/c1-12(2)11-17-8-6-15(7-9-17,14(18)19-3)16-10-13-4-5-13/h12-13,16H,4-11H2,1-3H3. The Bertz CT molecular complexity index is 305. The van der Waals surface area contributed by atoms with Crippen LogP contribution in [0.3, 0.4) is 0 Å². The lowest BCUT2D eigenvalue weighted by Crippen LogP contribution is -2.59. The van der Waals surface area contributed by atoms with Gasteiger partial charge in [-0.05, 0) is 44.1 Å². The lowest BCUT2D eigenvalue weighted by Gasteiger charge is -2.40. The molecule has 2 rings (SSSR count). The molecule has 19 heavy (non-hydrogen) atoms. The number of nitrogens with zero attached hydrogens (tertiary/aromatic N) is 1. The number of nitrogens with one attached hydrogen (secondary N) is 1. The van der Waals surface area contributed by atoms with Gasteiger partial charge < -0.3 is 15.0 Å². The molecular formula is C15H28N2O2. The predicted molar refractivity (Wildman–Crippen MR) is 76.0 cm³/mol. The zero-order valence-electron chi connectivity index (χ0n) is 12.6. The number of ether oxygens (including phenoxy) is 1. The van der Waals surface area contributed by atoms with Crippen molar-refractivity contribution in [3.63, 3.8) is 0 Å². The van der Waals surface area contributed by atoms with Crippen LogP contribution in [0.25, 0.3) is 0 Å². The third-order valence-electron chi connectivity index (χ3n) is 4.34. The minimum atomic E-state index is -0.426. The van der Waals surface area contributed by atoms with Crippen molar-refractivity contribution < 1.29 is 9.53 Å². The highest BCUT2D eigenvalue weighted by atomic mass is 16.5. The fourth-order valence-electron chi connectivity index (χ4n) is 2.94. The number of carbonyl (C=O) groups is 1. The number of likely N-dealkylation sites (tertiary alicyclic amines) is 1. The number of hydrogen-bond donors (Lipinski definition) is 1. The highest BCUT2D eigenvalue weighted by molar-refractivity contribution is 5.81. The molecule has 0 amide bonds. The molecule has 0 aromatic carbocycles. The zero-order valence-corrected chi connectivity index (χ0v) is 12.6. The summed E-state index contributed by atoms with van der Waals surface area (Å²) in [5.74, 6) is 1.40. The van der Waals surface area contributed by atoms with Crippen molar-refractivity contribution in [1.29, 1.82) is 0 Å². The van der Waals surface area contributed by atoms with E-state index in [4.69, 9.17) is 4.74 Å². The first kappa shape index (κ1) is 14.8. The van der Waals surface area contributed by atoms with E-state index in [0.29, 0.717) is 5.92 Å². The summed E-state index contributed by atoms with van der Waals surface area (Å²) >= 11 is 0. The van der Waals surface area contributed by atoms with Gasteiger partial charge in [0.1, 0.15) is 5.54 Å². The molecule has 4 nitrogen and oxygen atoms in total. The molecule has 0 atom stereocenters. The van der Waals surface area contributed by atoms with E-state index < -0.39 is 5.54 Å². The van der Waals surface area contributed by atoms with Crippen molar-refractivity contribution in [3.8, 4) is 0 Å². The van der Waals surface area contributed by atoms with Gasteiger partial charge in [-0.15, -0.1) is 0 Å². The first-order valence-electron chi connectivity index (χ1n) is 7.61. The quantitative estimate of drug-likeness (QED) is 0.744. The maximum absolute atomic E-state index is 12.1. The van der Waals surface area contributed by atoms with Crippen molar-refractivity contribution in [1.82, 2.24) is 10.2 Å². The summed E-state index contributed by atoms with van der Waals surface area (Å²) in [6.45, 7) is 8.57. The normalized spacial score (nSPS) is 23.6. The van der Waals surface area contributed by atoms with Gasteiger partial charge >= 0.3 is 5.97 Å². The van der Waals surface area contributed by atoms with Crippen molar-refractivity contribution in [3.05, 3.63) is 0 Å². The van der Waals surface area contributed by atoms with E-state index in [1.165, 1.54) is 20.0 Å². The second kappa shape index (κ2) is 6.23.